The minimum atomic E-state index is -0.558. The smallest absolute Gasteiger partial charge is 0.255 e. The van der Waals surface area contributed by atoms with Crippen LogP contribution in [0.4, 0.5) is 5.69 Å². The van der Waals surface area contributed by atoms with Crippen molar-refractivity contribution in [2.75, 3.05) is 11.9 Å². The van der Waals surface area contributed by atoms with Gasteiger partial charge >= 0.3 is 0 Å². The number of rotatable bonds is 8. The van der Waals surface area contributed by atoms with Gasteiger partial charge in [0.05, 0.1) is 4.88 Å². The zero-order valence-electron chi connectivity index (χ0n) is 12.3. The molecule has 23 heavy (non-hydrogen) atoms. The second-order valence-corrected chi connectivity index (χ2v) is 5.68. The summed E-state index contributed by atoms with van der Waals surface area (Å²) in [7, 11) is 0. The fraction of sp³-hybridized carbons (Fsp3) is 0.188. The summed E-state index contributed by atoms with van der Waals surface area (Å²) in [4.78, 5) is 34.9. The van der Waals surface area contributed by atoms with Crippen LogP contribution in [0.5, 0.6) is 5.75 Å². The number of carbonyl (C=O) groups is 3. The van der Waals surface area contributed by atoms with Crippen LogP contribution in [0.25, 0.3) is 0 Å². The summed E-state index contributed by atoms with van der Waals surface area (Å²) in [6.45, 7) is -0.198. The Labute approximate surface area is 137 Å². The van der Waals surface area contributed by atoms with E-state index in [0.29, 0.717) is 16.3 Å². The van der Waals surface area contributed by atoms with Crippen LogP contribution in [0.2, 0.25) is 0 Å². The van der Waals surface area contributed by atoms with Crippen LogP contribution in [0.3, 0.4) is 0 Å². The van der Waals surface area contributed by atoms with Gasteiger partial charge in [-0.1, -0.05) is 6.07 Å². The average molecular weight is 332 g/mol. The molecule has 0 saturated heterocycles. The van der Waals surface area contributed by atoms with Crippen molar-refractivity contribution in [3.05, 3.63) is 46.7 Å². The molecule has 0 spiro atoms. The molecule has 2 amide bonds. The molecule has 0 aliphatic heterocycles. The lowest BCUT2D eigenvalue weighted by Crippen LogP contribution is -2.20. The third-order valence-electron chi connectivity index (χ3n) is 2.89. The van der Waals surface area contributed by atoms with Crippen molar-refractivity contribution in [3.63, 3.8) is 0 Å². The zero-order chi connectivity index (χ0) is 16.7. The van der Waals surface area contributed by atoms with Crippen LogP contribution < -0.4 is 15.8 Å². The number of ketones is 1. The number of ether oxygens (including phenoxy) is 1. The van der Waals surface area contributed by atoms with Crippen LogP contribution in [-0.2, 0) is 9.59 Å². The molecule has 0 aliphatic carbocycles. The minimum Gasteiger partial charge on any atom is -0.484 e. The van der Waals surface area contributed by atoms with Gasteiger partial charge in [-0.3, -0.25) is 14.4 Å². The first-order valence-corrected chi connectivity index (χ1v) is 7.80. The standard InChI is InChI=1S/C16H16N2O4S/c17-15(20)10-22-12-5-3-11(4-6-12)18-16(21)8-7-13(19)14-2-1-9-23-14/h1-6,9H,7-8,10H2,(H2,17,20)(H,18,21). The van der Waals surface area contributed by atoms with Crippen molar-refractivity contribution in [1.82, 2.24) is 0 Å². The molecule has 0 unspecified atom stereocenters. The summed E-state index contributed by atoms with van der Waals surface area (Å²) in [5.41, 5.74) is 5.57. The van der Waals surface area contributed by atoms with Crippen molar-refractivity contribution in [1.29, 1.82) is 0 Å². The average Bonchev–Trinajstić information content (AvgIpc) is 3.06. The molecule has 6 nitrogen and oxygen atoms in total. The molecule has 7 heteroatoms. The molecule has 0 radical (unpaired) electrons. The molecule has 1 heterocycles. The Morgan fingerprint density at radius 2 is 1.83 bits per heavy atom. The van der Waals surface area contributed by atoms with Gasteiger partial charge in [0.25, 0.3) is 5.91 Å². The van der Waals surface area contributed by atoms with E-state index in [-0.39, 0.29) is 31.1 Å². The Bertz CT molecular complexity index is 681. The van der Waals surface area contributed by atoms with Gasteiger partial charge in [-0.05, 0) is 35.7 Å². The normalized spacial score (nSPS) is 10.1. The summed E-state index contributed by atoms with van der Waals surface area (Å²) >= 11 is 1.37. The van der Waals surface area contributed by atoms with E-state index in [0.717, 1.165) is 0 Å². The number of anilines is 1. The van der Waals surface area contributed by atoms with Gasteiger partial charge in [0.1, 0.15) is 5.75 Å². The molecule has 2 rings (SSSR count). The second-order valence-electron chi connectivity index (χ2n) is 4.73. The predicted molar refractivity (Wildman–Crippen MR) is 87.6 cm³/mol. The van der Waals surface area contributed by atoms with Crippen LogP contribution >= 0.6 is 11.3 Å². The number of nitrogens with one attached hydrogen (secondary N) is 1. The van der Waals surface area contributed by atoms with Crippen molar-refractivity contribution in [2.45, 2.75) is 12.8 Å². The Kier molecular flexibility index (Phi) is 5.87. The maximum Gasteiger partial charge on any atom is 0.255 e. The number of amides is 2. The van der Waals surface area contributed by atoms with E-state index in [1.165, 1.54) is 11.3 Å². The Hall–Kier alpha value is -2.67. The lowest BCUT2D eigenvalue weighted by atomic mass is 10.2. The number of thiophene rings is 1. The second kappa shape index (κ2) is 8.09. The first kappa shape index (κ1) is 16.7. The number of Topliss-reactive ketones (excluding diaryl/α,β-unsaturated/α-hetero) is 1. The van der Waals surface area contributed by atoms with Gasteiger partial charge in [-0.25, -0.2) is 0 Å². The van der Waals surface area contributed by atoms with Gasteiger partial charge in [-0.2, -0.15) is 0 Å². The van der Waals surface area contributed by atoms with Gasteiger partial charge in [0, 0.05) is 18.5 Å². The lowest BCUT2D eigenvalue weighted by Gasteiger charge is -2.07. The fourth-order valence-corrected chi connectivity index (χ4v) is 2.49. The van der Waals surface area contributed by atoms with Crippen molar-refractivity contribution >= 4 is 34.6 Å². The number of benzene rings is 1. The highest BCUT2D eigenvalue weighted by Gasteiger charge is 2.10. The molecular formula is C16H16N2O4S. The van der Waals surface area contributed by atoms with Gasteiger partial charge in [-0.15, -0.1) is 11.3 Å². The highest BCUT2D eigenvalue weighted by Crippen LogP contribution is 2.16. The molecule has 0 fully saturated rings. The largest absolute Gasteiger partial charge is 0.484 e. The topological polar surface area (TPSA) is 98.5 Å². The third-order valence-corrected chi connectivity index (χ3v) is 3.81. The number of nitrogens with two attached hydrogens (primary N) is 1. The molecule has 0 atom stereocenters. The fourth-order valence-electron chi connectivity index (χ4n) is 1.80. The highest BCUT2D eigenvalue weighted by atomic mass is 32.1. The number of carbonyl (C=O) groups excluding carboxylic acids is 3. The van der Waals surface area contributed by atoms with Gasteiger partial charge in [0.2, 0.25) is 5.91 Å². The van der Waals surface area contributed by atoms with Crippen LogP contribution in [0.15, 0.2) is 41.8 Å². The molecular weight excluding hydrogens is 316 g/mol. The Morgan fingerprint density at radius 1 is 1.09 bits per heavy atom. The van der Waals surface area contributed by atoms with Crippen LogP contribution in [0, 0.1) is 0 Å². The SMILES string of the molecule is NC(=O)COc1ccc(NC(=O)CCC(=O)c2cccs2)cc1. The highest BCUT2D eigenvalue weighted by molar-refractivity contribution is 7.12. The Morgan fingerprint density at radius 3 is 2.43 bits per heavy atom. The van der Waals surface area contributed by atoms with Crippen LogP contribution in [0.1, 0.15) is 22.5 Å². The van der Waals surface area contributed by atoms with E-state index in [9.17, 15) is 14.4 Å². The van der Waals surface area contributed by atoms with Gasteiger partial charge in [0.15, 0.2) is 12.4 Å². The molecule has 1 aromatic heterocycles. The minimum absolute atomic E-state index is 0.0367. The summed E-state index contributed by atoms with van der Waals surface area (Å²) in [6.07, 6.45) is 0.294. The maximum atomic E-state index is 11.8. The van der Waals surface area contributed by atoms with E-state index in [4.69, 9.17) is 10.5 Å². The quantitative estimate of drug-likeness (QED) is 0.724. The van der Waals surface area contributed by atoms with E-state index in [1.807, 2.05) is 5.38 Å². The summed E-state index contributed by atoms with van der Waals surface area (Å²) in [5, 5.41) is 4.53. The molecule has 120 valence electrons. The predicted octanol–water partition coefficient (Wildman–Crippen LogP) is 2.21. The number of hydrogen-bond acceptors (Lipinski definition) is 5. The molecule has 0 saturated carbocycles. The van der Waals surface area contributed by atoms with Crippen LogP contribution in [-0.4, -0.2) is 24.2 Å². The molecule has 2 aromatic rings. The molecule has 3 N–H and O–H groups in total. The lowest BCUT2D eigenvalue weighted by molar-refractivity contribution is -0.120. The zero-order valence-corrected chi connectivity index (χ0v) is 13.1. The first-order chi connectivity index (χ1) is 11.0. The van der Waals surface area contributed by atoms with Crippen molar-refractivity contribution in [2.24, 2.45) is 5.73 Å². The molecule has 0 aliphatic rings. The Balaban J connectivity index is 1.78. The first-order valence-electron chi connectivity index (χ1n) is 6.92. The van der Waals surface area contributed by atoms with Crippen molar-refractivity contribution < 1.29 is 19.1 Å². The summed E-state index contributed by atoms with van der Waals surface area (Å²) in [5.74, 6) is -0.349. The van der Waals surface area contributed by atoms with E-state index >= 15 is 0 Å². The monoisotopic (exact) mass is 332 g/mol. The molecule has 1 aromatic carbocycles. The third kappa shape index (κ3) is 5.55. The van der Waals surface area contributed by atoms with E-state index < -0.39 is 5.91 Å². The van der Waals surface area contributed by atoms with Gasteiger partial charge < -0.3 is 15.8 Å². The molecule has 0 bridgehead atoms. The summed E-state index contributed by atoms with van der Waals surface area (Å²) in [6, 6.07) is 10.1. The summed E-state index contributed by atoms with van der Waals surface area (Å²) < 4.78 is 5.12. The van der Waals surface area contributed by atoms with E-state index in [1.54, 1.807) is 36.4 Å². The number of primary amides is 1. The number of hydrogen-bond donors (Lipinski definition) is 2. The van der Waals surface area contributed by atoms with E-state index in [2.05, 4.69) is 5.32 Å². The maximum absolute atomic E-state index is 11.8. The van der Waals surface area contributed by atoms with Crippen molar-refractivity contribution in [3.8, 4) is 5.75 Å².